The predicted octanol–water partition coefficient (Wildman–Crippen LogP) is 1.33. The van der Waals surface area contributed by atoms with E-state index in [1.54, 1.807) is 0 Å². The van der Waals surface area contributed by atoms with Crippen LogP contribution in [0.3, 0.4) is 0 Å². The lowest BCUT2D eigenvalue weighted by Gasteiger charge is -2.37. The SMILES string of the molecule is C[C@@H]1CC[C@@H]2OCCC[C@@]12O. The van der Waals surface area contributed by atoms with Crippen LogP contribution in [-0.2, 0) is 4.74 Å². The highest BCUT2D eigenvalue weighted by Gasteiger charge is 2.48. The quantitative estimate of drug-likeness (QED) is 0.573. The third kappa shape index (κ3) is 1.00. The zero-order valence-corrected chi connectivity index (χ0v) is 7.05. The van der Waals surface area contributed by atoms with E-state index < -0.39 is 5.60 Å². The van der Waals surface area contributed by atoms with Crippen molar-refractivity contribution in [1.29, 1.82) is 0 Å². The Morgan fingerprint density at radius 1 is 1.45 bits per heavy atom. The average Bonchev–Trinajstić information content (AvgIpc) is 2.29. The smallest absolute Gasteiger partial charge is 0.0934 e. The molecule has 3 atom stereocenters. The van der Waals surface area contributed by atoms with Gasteiger partial charge in [0.15, 0.2) is 0 Å². The van der Waals surface area contributed by atoms with Gasteiger partial charge in [0.2, 0.25) is 0 Å². The highest BCUT2D eigenvalue weighted by molar-refractivity contribution is 4.99. The van der Waals surface area contributed by atoms with Crippen molar-refractivity contribution in [3.8, 4) is 0 Å². The number of ether oxygens (including phenoxy) is 1. The summed E-state index contributed by atoms with van der Waals surface area (Å²) in [5.74, 6) is 0.438. The van der Waals surface area contributed by atoms with Crippen molar-refractivity contribution in [3.63, 3.8) is 0 Å². The second-order valence-corrected chi connectivity index (χ2v) is 3.93. The predicted molar refractivity (Wildman–Crippen MR) is 42.3 cm³/mol. The first-order valence-electron chi connectivity index (χ1n) is 4.57. The van der Waals surface area contributed by atoms with Crippen LogP contribution in [0.25, 0.3) is 0 Å². The van der Waals surface area contributed by atoms with E-state index in [1.807, 2.05) is 0 Å². The van der Waals surface area contributed by atoms with Crippen LogP contribution in [0.1, 0.15) is 32.6 Å². The van der Waals surface area contributed by atoms with Crippen molar-refractivity contribution in [2.45, 2.75) is 44.3 Å². The molecule has 1 aliphatic carbocycles. The van der Waals surface area contributed by atoms with Crippen molar-refractivity contribution in [1.82, 2.24) is 0 Å². The lowest BCUT2D eigenvalue weighted by Crippen LogP contribution is -2.46. The van der Waals surface area contributed by atoms with Crippen molar-refractivity contribution in [2.75, 3.05) is 6.61 Å². The first-order valence-corrected chi connectivity index (χ1v) is 4.57. The Hall–Kier alpha value is -0.0800. The van der Waals surface area contributed by atoms with E-state index in [0.717, 1.165) is 32.3 Å². The summed E-state index contributed by atoms with van der Waals surface area (Å²) in [5.41, 5.74) is -0.474. The van der Waals surface area contributed by atoms with E-state index in [2.05, 4.69) is 6.92 Å². The number of rotatable bonds is 0. The number of hydrogen-bond acceptors (Lipinski definition) is 2. The average molecular weight is 156 g/mol. The van der Waals surface area contributed by atoms with Crippen LogP contribution in [0, 0.1) is 5.92 Å². The van der Waals surface area contributed by atoms with Crippen LogP contribution in [0.5, 0.6) is 0 Å². The molecule has 64 valence electrons. The number of aliphatic hydroxyl groups is 1. The van der Waals surface area contributed by atoms with Crippen molar-refractivity contribution < 1.29 is 9.84 Å². The molecule has 0 amide bonds. The molecule has 0 radical (unpaired) electrons. The second kappa shape index (κ2) is 2.46. The fourth-order valence-corrected chi connectivity index (χ4v) is 2.43. The maximum Gasteiger partial charge on any atom is 0.0934 e. The summed E-state index contributed by atoms with van der Waals surface area (Å²) in [4.78, 5) is 0. The standard InChI is InChI=1S/C9H16O2/c1-7-3-4-8-9(7,10)5-2-6-11-8/h7-8,10H,2-6H2,1H3/t7-,8+,9-/m1/s1. The molecule has 11 heavy (non-hydrogen) atoms. The molecule has 2 heteroatoms. The van der Waals surface area contributed by atoms with Crippen LogP contribution in [-0.4, -0.2) is 23.4 Å². The third-order valence-electron chi connectivity index (χ3n) is 3.31. The van der Waals surface area contributed by atoms with Crippen molar-refractivity contribution in [2.24, 2.45) is 5.92 Å². The summed E-state index contributed by atoms with van der Waals surface area (Å²) in [7, 11) is 0. The van der Waals surface area contributed by atoms with Gasteiger partial charge in [-0.05, 0) is 31.6 Å². The van der Waals surface area contributed by atoms with Gasteiger partial charge in [-0.3, -0.25) is 0 Å². The minimum atomic E-state index is -0.474. The van der Waals surface area contributed by atoms with E-state index in [0.29, 0.717) is 5.92 Å². The monoisotopic (exact) mass is 156 g/mol. The summed E-state index contributed by atoms with van der Waals surface area (Å²) in [6, 6.07) is 0. The van der Waals surface area contributed by atoms with Gasteiger partial charge in [-0.15, -0.1) is 0 Å². The second-order valence-electron chi connectivity index (χ2n) is 3.93. The third-order valence-corrected chi connectivity index (χ3v) is 3.31. The summed E-state index contributed by atoms with van der Waals surface area (Å²) in [6.45, 7) is 2.98. The zero-order valence-electron chi connectivity index (χ0n) is 7.05. The Morgan fingerprint density at radius 2 is 2.27 bits per heavy atom. The summed E-state index contributed by atoms with van der Waals surface area (Å²) in [6.07, 6.45) is 4.29. The lowest BCUT2D eigenvalue weighted by atomic mass is 9.85. The van der Waals surface area contributed by atoms with E-state index in [4.69, 9.17) is 4.74 Å². The molecular weight excluding hydrogens is 140 g/mol. The van der Waals surface area contributed by atoms with Crippen LogP contribution < -0.4 is 0 Å². The van der Waals surface area contributed by atoms with Gasteiger partial charge in [0.25, 0.3) is 0 Å². The van der Waals surface area contributed by atoms with Gasteiger partial charge in [-0.2, -0.15) is 0 Å². The van der Waals surface area contributed by atoms with Crippen LogP contribution in [0.2, 0.25) is 0 Å². The molecule has 0 spiro atoms. The molecule has 1 heterocycles. The highest BCUT2D eigenvalue weighted by atomic mass is 16.5. The van der Waals surface area contributed by atoms with E-state index >= 15 is 0 Å². The van der Waals surface area contributed by atoms with Gasteiger partial charge in [-0.1, -0.05) is 6.92 Å². The van der Waals surface area contributed by atoms with Crippen molar-refractivity contribution in [3.05, 3.63) is 0 Å². The molecule has 2 rings (SSSR count). The molecule has 1 N–H and O–H groups in total. The largest absolute Gasteiger partial charge is 0.387 e. The highest BCUT2D eigenvalue weighted by Crippen LogP contribution is 2.42. The molecule has 2 fully saturated rings. The molecular formula is C9H16O2. The molecule has 1 saturated carbocycles. The first-order chi connectivity index (χ1) is 5.23. The lowest BCUT2D eigenvalue weighted by molar-refractivity contribution is -0.142. The topological polar surface area (TPSA) is 29.5 Å². The zero-order chi connectivity index (χ0) is 7.90. The Balaban J connectivity index is 2.16. The Labute approximate surface area is 67.6 Å². The maximum atomic E-state index is 10.2. The molecule has 0 bridgehead atoms. The molecule has 0 aromatic rings. The Morgan fingerprint density at radius 3 is 3.00 bits per heavy atom. The number of fused-ring (bicyclic) bond motifs is 1. The van der Waals surface area contributed by atoms with E-state index in [1.165, 1.54) is 0 Å². The molecule has 2 aliphatic rings. The molecule has 1 saturated heterocycles. The van der Waals surface area contributed by atoms with Crippen LogP contribution in [0.4, 0.5) is 0 Å². The van der Waals surface area contributed by atoms with Gasteiger partial charge in [0.05, 0.1) is 11.7 Å². The fraction of sp³-hybridized carbons (Fsp3) is 1.00. The first kappa shape index (κ1) is 7.56. The molecule has 0 aromatic carbocycles. The Bertz CT molecular complexity index is 156. The van der Waals surface area contributed by atoms with Gasteiger partial charge in [0, 0.05) is 6.61 Å². The van der Waals surface area contributed by atoms with Crippen LogP contribution >= 0.6 is 0 Å². The molecule has 0 unspecified atom stereocenters. The summed E-state index contributed by atoms with van der Waals surface area (Å²) in [5, 5.41) is 10.2. The molecule has 2 nitrogen and oxygen atoms in total. The minimum absolute atomic E-state index is 0.145. The van der Waals surface area contributed by atoms with Gasteiger partial charge < -0.3 is 9.84 Å². The fourth-order valence-electron chi connectivity index (χ4n) is 2.43. The normalized spacial score (nSPS) is 50.7. The molecule has 0 aromatic heterocycles. The Kier molecular flexibility index (Phi) is 1.69. The van der Waals surface area contributed by atoms with E-state index in [9.17, 15) is 5.11 Å². The summed E-state index contributed by atoms with van der Waals surface area (Å²) >= 11 is 0. The van der Waals surface area contributed by atoms with Crippen molar-refractivity contribution >= 4 is 0 Å². The van der Waals surface area contributed by atoms with Crippen LogP contribution in [0.15, 0.2) is 0 Å². The maximum absolute atomic E-state index is 10.2. The summed E-state index contributed by atoms with van der Waals surface area (Å²) < 4.78 is 5.53. The van der Waals surface area contributed by atoms with Gasteiger partial charge in [-0.25, -0.2) is 0 Å². The van der Waals surface area contributed by atoms with E-state index in [-0.39, 0.29) is 6.10 Å². The van der Waals surface area contributed by atoms with Gasteiger partial charge in [0.1, 0.15) is 0 Å². The molecule has 1 aliphatic heterocycles. The number of hydrogen-bond donors (Lipinski definition) is 1. The van der Waals surface area contributed by atoms with Gasteiger partial charge >= 0.3 is 0 Å². The minimum Gasteiger partial charge on any atom is -0.387 e.